The number of rotatable bonds is 3. The highest BCUT2D eigenvalue weighted by Crippen LogP contribution is 2.23. The van der Waals surface area contributed by atoms with Gasteiger partial charge in [0.1, 0.15) is 11.9 Å². The molecule has 1 unspecified atom stereocenters. The fourth-order valence-electron chi connectivity index (χ4n) is 2.07. The number of hydrogen-bond donors (Lipinski definition) is 1. The van der Waals surface area contributed by atoms with E-state index in [4.69, 9.17) is 11.6 Å². The first kappa shape index (κ1) is 14.0. The molecule has 0 aliphatic heterocycles. The number of pyridine rings is 1. The van der Waals surface area contributed by atoms with Gasteiger partial charge in [-0.1, -0.05) is 23.7 Å². The molecule has 1 N–H and O–H groups in total. The largest absolute Gasteiger partial charge is 0.386 e. The van der Waals surface area contributed by atoms with E-state index in [1.807, 2.05) is 19.9 Å². The van der Waals surface area contributed by atoms with Crippen molar-refractivity contribution in [3.63, 3.8) is 0 Å². The number of hydrogen-bond acceptors (Lipinski definition) is 2. The maximum absolute atomic E-state index is 13.7. The standard InChI is InChI=1S/C15H15ClFNO/c1-9-5-10(2)15(18-8-9)14(19)6-11-3-4-12(16)7-13(11)17/h3-5,7-8,14,19H,6H2,1-2H3. The lowest BCUT2D eigenvalue weighted by molar-refractivity contribution is 0.171. The van der Waals surface area contributed by atoms with Crippen molar-refractivity contribution in [3.05, 3.63) is 63.7 Å². The summed E-state index contributed by atoms with van der Waals surface area (Å²) in [6, 6.07) is 6.40. The zero-order valence-electron chi connectivity index (χ0n) is 10.8. The minimum Gasteiger partial charge on any atom is -0.386 e. The highest BCUT2D eigenvalue weighted by Gasteiger charge is 2.15. The van der Waals surface area contributed by atoms with Crippen LogP contribution in [-0.4, -0.2) is 10.1 Å². The number of aromatic nitrogens is 1. The molecule has 1 atom stereocenters. The summed E-state index contributed by atoms with van der Waals surface area (Å²) in [5.41, 5.74) is 2.95. The van der Waals surface area contributed by atoms with Crippen LogP contribution in [0.5, 0.6) is 0 Å². The summed E-state index contributed by atoms with van der Waals surface area (Å²) in [5, 5.41) is 10.5. The van der Waals surface area contributed by atoms with Gasteiger partial charge in [-0.3, -0.25) is 4.98 Å². The third-order valence-electron chi connectivity index (χ3n) is 3.00. The molecule has 0 amide bonds. The Kier molecular flexibility index (Phi) is 4.17. The van der Waals surface area contributed by atoms with Crippen molar-refractivity contribution in [2.45, 2.75) is 26.4 Å². The predicted molar refractivity (Wildman–Crippen MR) is 73.8 cm³/mol. The van der Waals surface area contributed by atoms with Gasteiger partial charge in [0.15, 0.2) is 0 Å². The van der Waals surface area contributed by atoms with Crippen molar-refractivity contribution in [2.24, 2.45) is 0 Å². The van der Waals surface area contributed by atoms with Crippen molar-refractivity contribution in [3.8, 4) is 0 Å². The second kappa shape index (κ2) is 5.68. The molecule has 0 aliphatic rings. The summed E-state index contributed by atoms with van der Waals surface area (Å²) in [5.74, 6) is -0.406. The molecule has 19 heavy (non-hydrogen) atoms. The Morgan fingerprint density at radius 1 is 1.32 bits per heavy atom. The minimum absolute atomic E-state index is 0.180. The van der Waals surface area contributed by atoms with Crippen LogP contribution in [0.2, 0.25) is 5.02 Å². The zero-order valence-corrected chi connectivity index (χ0v) is 11.6. The lowest BCUT2D eigenvalue weighted by Crippen LogP contribution is -2.08. The lowest BCUT2D eigenvalue weighted by atomic mass is 10.0. The van der Waals surface area contributed by atoms with Crippen molar-refractivity contribution >= 4 is 11.6 Å². The van der Waals surface area contributed by atoms with Crippen LogP contribution >= 0.6 is 11.6 Å². The molecule has 2 aromatic rings. The van der Waals surface area contributed by atoms with Crippen LogP contribution in [0.4, 0.5) is 4.39 Å². The number of benzene rings is 1. The molecule has 0 fully saturated rings. The summed E-state index contributed by atoms with van der Waals surface area (Å²) in [6.45, 7) is 3.83. The van der Waals surface area contributed by atoms with Crippen molar-refractivity contribution in [1.82, 2.24) is 4.98 Å². The monoisotopic (exact) mass is 279 g/mol. The molecule has 1 aromatic carbocycles. The second-order valence-electron chi connectivity index (χ2n) is 4.67. The third kappa shape index (κ3) is 3.31. The molecule has 0 spiro atoms. The molecule has 0 saturated carbocycles. The van der Waals surface area contributed by atoms with Gasteiger partial charge in [0.05, 0.1) is 5.69 Å². The molecule has 2 nitrogen and oxygen atoms in total. The molecular weight excluding hydrogens is 265 g/mol. The smallest absolute Gasteiger partial charge is 0.127 e. The van der Waals surface area contributed by atoms with Crippen molar-refractivity contribution in [1.29, 1.82) is 0 Å². The van der Waals surface area contributed by atoms with E-state index in [1.165, 1.54) is 6.07 Å². The Balaban J connectivity index is 2.23. The fraction of sp³-hybridized carbons (Fsp3) is 0.267. The van der Waals surface area contributed by atoms with E-state index in [-0.39, 0.29) is 6.42 Å². The number of aryl methyl sites for hydroxylation is 2. The van der Waals surface area contributed by atoms with E-state index >= 15 is 0 Å². The van der Waals surface area contributed by atoms with Gasteiger partial charge in [-0.15, -0.1) is 0 Å². The summed E-state index contributed by atoms with van der Waals surface area (Å²) in [6.07, 6.45) is 1.06. The van der Waals surface area contributed by atoms with E-state index < -0.39 is 11.9 Å². The van der Waals surface area contributed by atoms with Crippen LogP contribution in [0.3, 0.4) is 0 Å². The topological polar surface area (TPSA) is 33.1 Å². The van der Waals surface area contributed by atoms with E-state index in [0.717, 1.165) is 11.1 Å². The van der Waals surface area contributed by atoms with Crippen LogP contribution in [-0.2, 0) is 6.42 Å². The molecule has 0 aliphatic carbocycles. The van der Waals surface area contributed by atoms with Gasteiger partial charge in [-0.05, 0) is 42.7 Å². The van der Waals surface area contributed by atoms with Crippen molar-refractivity contribution < 1.29 is 9.50 Å². The number of nitrogens with zero attached hydrogens (tertiary/aromatic N) is 1. The van der Waals surface area contributed by atoms with Gasteiger partial charge in [-0.2, -0.15) is 0 Å². The van der Waals surface area contributed by atoms with Crippen LogP contribution < -0.4 is 0 Å². The number of halogens is 2. The maximum atomic E-state index is 13.7. The molecule has 0 saturated heterocycles. The zero-order chi connectivity index (χ0) is 14.0. The summed E-state index contributed by atoms with van der Waals surface area (Å²) < 4.78 is 13.7. The highest BCUT2D eigenvalue weighted by molar-refractivity contribution is 6.30. The molecule has 0 bridgehead atoms. The molecule has 2 rings (SSSR count). The second-order valence-corrected chi connectivity index (χ2v) is 5.11. The Morgan fingerprint density at radius 3 is 2.68 bits per heavy atom. The first-order valence-corrected chi connectivity index (χ1v) is 6.40. The molecule has 1 heterocycles. The number of aliphatic hydroxyl groups excluding tert-OH is 1. The van der Waals surface area contributed by atoms with E-state index in [2.05, 4.69) is 4.98 Å². The van der Waals surface area contributed by atoms with E-state index in [0.29, 0.717) is 16.3 Å². The van der Waals surface area contributed by atoms with Gasteiger partial charge in [-0.25, -0.2) is 4.39 Å². The van der Waals surface area contributed by atoms with Gasteiger partial charge < -0.3 is 5.11 Å². The fourth-order valence-corrected chi connectivity index (χ4v) is 2.23. The third-order valence-corrected chi connectivity index (χ3v) is 3.23. The minimum atomic E-state index is -0.823. The lowest BCUT2D eigenvalue weighted by Gasteiger charge is -2.13. The highest BCUT2D eigenvalue weighted by atomic mass is 35.5. The SMILES string of the molecule is Cc1cnc(C(O)Cc2ccc(Cl)cc2F)c(C)c1. The average Bonchev–Trinajstić information content (AvgIpc) is 2.32. The normalized spacial score (nSPS) is 12.5. The quantitative estimate of drug-likeness (QED) is 0.928. The Labute approximate surface area is 116 Å². The van der Waals surface area contributed by atoms with Gasteiger partial charge in [0.25, 0.3) is 0 Å². The van der Waals surface area contributed by atoms with Crippen LogP contribution in [0.15, 0.2) is 30.5 Å². The van der Waals surface area contributed by atoms with Crippen molar-refractivity contribution in [2.75, 3.05) is 0 Å². The van der Waals surface area contributed by atoms with Crippen LogP contribution in [0, 0.1) is 19.7 Å². The summed E-state index contributed by atoms with van der Waals surface area (Å²) in [4.78, 5) is 4.22. The van der Waals surface area contributed by atoms with Gasteiger partial charge >= 0.3 is 0 Å². The first-order valence-electron chi connectivity index (χ1n) is 6.02. The number of aliphatic hydroxyl groups is 1. The summed E-state index contributed by atoms with van der Waals surface area (Å²) in [7, 11) is 0. The predicted octanol–water partition coefficient (Wildman–Crippen LogP) is 3.77. The maximum Gasteiger partial charge on any atom is 0.127 e. The molecular formula is C15H15ClFNO. The molecule has 4 heteroatoms. The Hall–Kier alpha value is -1.45. The first-order chi connectivity index (χ1) is 8.97. The Bertz CT molecular complexity index is 601. The molecule has 1 aromatic heterocycles. The van der Waals surface area contributed by atoms with E-state index in [1.54, 1.807) is 18.3 Å². The van der Waals surface area contributed by atoms with E-state index in [9.17, 15) is 9.50 Å². The summed E-state index contributed by atoms with van der Waals surface area (Å²) >= 11 is 5.70. The van der Waals surface area contributed by atoms with Crippen LogP contribution in [0.25, 0.3) is 0 Å². The van der Waals surface area contributed by atoms with Gasteiger partial charge in [0, 0.05) is 17.6 Å². The average molecular weight is 280 g/mol. The Morgan fingerprint density at radius 2 is 2.05 bits per heavy atom. The van der Waals surface area contributed by atoms with Crippen LogP contribution in [0.1, 0.15) is 28.5 Å². The molecule has 0 radical (unpaired) electrons. The van der Waals surface area contributed by atoms with Gasteiger partial charge in [0.2, 0.25) is 0 Å². The molecule has 100 valence electrons.